The first-order valence-corrected chi connectivity index (χ1v) is 9.99. The number of ether oxygens (including phenoxy) is 2. The van der Waals surface area contributed by atoms with Crippen molar-refractivity contribution in [3.63, 3.8) is 0 Å². The van der Waals surface area contributed by atoms with Crippen LogP contribution in [-0.2, 0) is 12.1 Å². The van der Waals surface area contributed by atoms with Gasteiger partial charge in [-0.2, -0.15) is 0 Å². The van der Waals surface area contributed by atoms with Gasteiger partial charge < -0.3 is 19.7 Å². The summed E-state index contributed by atoms with van der Waals surface area (Å²) in [6.07, 6.45) is 2.95. The third-order valence-electron chi connectivity index (χ3n) is 6.49. The Bertz CT molecular complexity index is 839. The second-order valence-corrected chi connectivity index (χ2v) is 8.08. The summed E-state index contributed by atoms with van der Waals surface area (Å²) in [6.45, 7) is 2.61. The van der Waals surface area contributed by atoms with E-state index in [9.17, 15) is 10.2 Å². The molecule has 5 heteroatoms. The number of aliphatic hydroxyl groups is 1. The zero-order valence-electron chi connectivity index (χ0n) is 16.6. The average Bonchev–Trinajstić information content (AvgIpc) is 3.13. The molecule has 0 aromatic heterocycles. The molecule has 0 spiro atoms. The van der Waals surface area contributed by atoms with Crippen molar-refractivity contribution < 1.29 is 19.7 Å². The van der Waals surface area contributed by atoms with Crippen LogP contribution in [0.2, 0.25) is 0 Å². The zero-order valence-corrected chi connectivity index (χ0v) is 16.6. The summed E-state index contributed by atoms with van der Waals surface area (Å²) in [6, 6.07) is 13.4. The lowest BCUT2D eigenvalue weighted by atomic mass is 9.67. The first-order chi connectivity index (χ1) is 13.5. The number of hydrogen-bond acceptors (Lipinski definition) is 5. The van der Waals surface area contributed by atoms with E-state index in [2.05, 4.69) is 4.90 Å². The van der Waals surface area contributed by atoms with E-state index in [4.69, 9.17) is 9.47 Å². The smallest absolute Gasteiger partial charge is 0.160 e. The lowest BCUT2D eigenvalue weighted by Crippen LogP contribution is -2.43. The van der Waals surface area contributed by atoms with E-state index < -0.39 is 5.60 Å². The molecule has 2 aromatic rings. The number of methoxy groups -OCH3 is 2. The summed E-state index contributed by atoms with van der Waals surface area (Å²) in [5, 5.41) is 21.6. The lowest BCUT2D eigenvalue weighted by molar-refractivity contribution is -0.0662. The molecular weight excluding hydrogens is 354 g/mol. The van der Waals surface area contributed by atoms with Crippen LogP contribution in [0.4, 0.5) is 0 Å². The predicted molar refractivity (Wildman–Crippen MR) is 108 cm³/mol. The summed E-state index contributed by atoms with van der Waals surface area (Å²) >= 11 is 0. The fourth-order valence-corrected chi connectivity index (χ4v) is 5.16. The fraction of sp³-hybridized carbons (Fsp3) is 0.478. The van der Waals surface area contributed by atoms with E-state index in [1.807, 2.05) is 36.4 Å². The van der Waals surface area contributed by atoms with E-state index in [-0.39, 0.29) is 11.7 Å². The molecule has 2 aliphatic rings. The number of nitrogens with zero attached hydrogens (tertiary/aromatic N) is 1. The number of phenols is 1. The van der Waals surface area contributed by atoms with Gasteiger partial charge in [0.05, 0.1) is 19.8 Å². The van der Waals surface area contributed by atoms with Crippen LogP contribution in [0.25, 0.3) is 0 Å². The summed E-state index contributed by atoms with van der Waals surface area (Å²) in [5.41, 5.74) is 1.17. The van der Waals surface area contributed by atoms with Gasteiger partial charge in [0.2, 0.25) is 0 Å². The SMILES string of the molecule is COc1cc(CN2C[C@@H]3CCC[C@@](O)(c4ccccc4OC)[C@H]3C2)ccc1O. The van der Waals surface area contributed by atoms with Gasteiger partial charge in [0.1, 0.15) is 5.75 Å². The van der Waals surface area contributed by atoms with E-state index in [1.165, 1.54) is 0 Å². The standard InChI is InChI=1S/C23H29NO4/c1-27-21-8-4-3-7-18(21)23(26)11-5-6-17-14-24(15-19(17)23)13-16-9-10-20(25)22(12-16)28-2/h3-4,7-10,12,17,19,25-26H,5-6,11,13-15H2,1-2H3/t17-,19-,23+/m0/s1. The number of likely N-dealkylation sites (tertiary alicyclic amines) is 1. The fourth-order valence-electron chi connectivity index (χ4n) is 5.16. The van der Waals surface area contributed by atoms with Gasteiger partial charge in [-0.3, -0.25) is 4.90 Å². The van der Waals surface area contributed by atoms with E-state index in [0.717, 1.165) is 55.8 Å². The summed E-state index contributed by atoms with van der Waals surface area (Å²) in [5.74, 6) is 2.10. The minimum Gasteiger partial charge on any atom is -0.504 e. The van der Waals surface area contributed by atoms with E-state index in [0.29, 0.717) is 11.7 Å². The molecule has 1 aliphatic carbocycles. The van der Waals surface area contributed by atoms with Gasteiger partial charge in [-0.25, -0.2) is 0 Å². The third kappa shape index (κ3) is 3.33. The van der Waals surface area contributed by atoms with Gasteiger partial charge in [-0.05, 0) is 48.9 Å². The molecule has 5 nitrogen and oxygen atoms in total. The van der Waals surface area contributed by atoms with Crippen LogP contribution in [0.5, 0.6) is 17.2 Å². The zero-order chi connectivity index (χ0) is 19.7. The Labute approximate surface area is 166 Å². The molecule has 4 rings (SSSR count). The normalized spacial score (nSPS) is 27.4. The largest absolute Gasteiger partial charge is 0.504 e. The van der Waals surface area contributed by atoms with Crippen LogP contribution in [0.1, 0.15) is 30.4 Å². The molecule has 1 saturated carbocycles. The van der Waals surface area contributed by atoms with Gasteiger partial charge in [0, 0.05) is 31.1 Å². The maximum atomic E-state index is 11.8. The van der Waals surface area contributed by atoms with Crippen LogP contribution < -0.4 is 9.47 Å². The Hall–Kier alpha value is -2.24. The number of aromatic hydroxyl groups is 1. The van der Waals surface area contributed by atoms with Crippen molar-refractivity contribution in [1.82, 2.24) is 4.90 Å². The molecule has 2 N–H and O–H groups in total. The van der Waals surface area contributed by atoms with Crippen molar-refractivity contribution in [3.05, 3.63) is 53.6 Å². The Morgan fingerprint density at radius 2 is 1.86 bits per heavy atom. The van der Waals surface area contributed by atoms with Gasteiger partial charge in [0.15, 0.2) is 11.5 Å². The highest BCUT2D eigenvalue weighted by atomic mass is 16.5. The highest BCUT2D eigenvalue weighted by Gasteiger charge is 2.50. The number of hydrogen-bond donors (Lipinski definition) is 2. The van der Waals surface area contributed by atoms with Crippen LogP contribution in [0.15, 0.2) is 42.5 Å². The van der Waals surface area contributed by atoms with Crippen molar-refractivity contribution in [2.45, 2.75) is 31.4 Å². The molecule has 1 aliphatic heterocycles. The van der Waals surface area contributed by atoms with Crippen LogP contribution in [0.3, 0.4) is 0 Å². The monoisotopic (exact) mass is 383 g/mol. The maximum absolute atomic E-state index is 11.8. The Balaban J connectivity index is 1.56. The second kappa shape index (κ2) is 7.64. The first-order valence-electron chi connectivity index (χ1n) is 9.99. The Kier molecular flexibility index (Phi) is 5.21. The minimum absolute atomic E-state index is 0.159. The van der Waals surface area contributed by atoms with Crippen molar-refractivity contribution in [1.29, 1.82) is 0 Å². The molecular formula is C23H29NO4. The quantitative estimate of drug-likeness (QED) is 0.827. The molecule has 28 heavy (non-hydrogen) atoms. The van der Waals surface area contributed by atoms with Crippen molar-refractivity contribution in [3.8, 4) is 17.2 Å². The Morgan fingerprint density at radius 3 is 2.64 bits per heavy atom. The summed E-state index contributed by atoms with van der Waals surface area (Å²) in [4.78, 5) is 2.41. The second-order valence-electron chi connectivity index (χ2n) is 8.08. The Morgan fingerprint density at radius 1 is 1.07 bits per heavy atom. The van der Waals surface area contributed by atoms with Crippen molar-refractivity contribution in [2.75, 3.05) is 27.3 Å². The molecule has 0 unspecified atom stereocenters. The summed E-state index contributed by atoms with van der Waals surface area (Å²) < 4.78 is 10.8. The molecule has 1 saturated heterocycles. The molecule has 1 heterocycles. The molecule has 0 radical (unpaired) electrons. The van der Waals surface area contributed by atoms with Crippen LogP contribution in [0, 0.1) is 11.8 Å². The third-order valence-corrected chi connectivity index (χ3v) is 6.49. The topological polar surface area (TPSA) is 62.2 Å². The molecule has 3 atom stereocenters. The van der Waals surface area contributed by atoms with Crippen LogP contribution in [-0.4, -0.2) is 42.4 Å². The van der Waals surface area contributed by atoms with Crippen molar-refractivity contribution >= 4 is 0 Å². The first kappa shape index (κ1) is 19.1. The molecule has 0 bridgehead atoms. The van der Waals surface area contributed by atoms with Gasteiger partial charge in [0.25, 0.3) is 0 Å². The number of phenolic OH excluding ortho intramolecular Hbond substituents is 1. The number of fused-ring (bicyclic) bond motifs is 1. The minimum atomic E-state index is -0.850. The average molecular weight is 383 g/mol. The lowest BCUT2D eigenvalue weighted by Gasteiger charge is -2.42. The maximum Gasteiger partial charge on any atom is 0.160 e. The molecule has 2 aromatic carbocycles. The van der Waals surface area contributed by atoms with E-state index >= 15 is 0 Å². The number of para-hydroxylation sites is 1. The van der Waals surface area contributed by atoms with Gasteiger partial charge in [-0.15, -0.1) is 0 Å². The van der Waals surface area contributed by atoms with Gasteiger partial charge in [-0.1, -0.05) is 24.3 Å². The molecule has 0 amide bonds. The van der Waals surface area contributed by atoms with Crippen molar-refractivity contribution in [2.24, 2.45) is 11.8 Å². The highest BCUT2D eigenvalue weighted by Crippen LogP contribution is 2.50. The molecule has 150 valence electrons. The number of rotatable bonds is 5. The predicted octanol–water partition coefficient (Wildman–Crippen LogP) is 3.53. The van der Waals surface area contributed by atoms with E-state index in [1.54, 1.807) is 20.3 Å². The highest BCUT2D eigenvalue weighted by molar-refractivity contribution is 5.42. The molecule has 2 fully saturated rings. The van der Waals surface area contributed by atoms with Crippen LogP contribution >= 0.6 is 0 Å². The van der Waals surface area contributed by atoms with Gasteiger partial charge >= 0.3 is 0 Å². The summed E-state index contributed by atoms with van der Waals surface area (Å²) in [7, 11) is 3.23. The number of benzene rings is 2.